The molecule has 2 aromatic rings. The highest BCUT2D eigenvalue weighted by Gasteiger charge is 2.31. The molecular formula is C27H36N2O4. The van der Waals surface area contributed by atoms with Crippen molar-refractivity contribution in [3.63, 3.8) is 0 Å². The molecule has 0 heterocycles. The van der Waals surface area contributed by atoms with Gasteiger partial charge in [-0.3, -0.25) is 9.59 Å². The molecule has 0 aromatic heterocycles. The topological polar surface area (TPSA) is 67.9 Å². The number of carbonyl (C=O) groups is 2. The number of nitrogens with zero attached hydrogens (tertiary/aromatic N) is 1. The van der Waals surface area contributed by atoms with Gasteiger partial charge >= 0.3 is 0 Å². The van der Waals surface area contributed by atoms with E-state index in [0.29, 0.717) is 18.7 Å². The van der Waals surface area contributed by atoms with E-state index in [9.17, 15) is 9.59 Å². The van der Waals surface area contributed by atoms with Gasteiger partial charge in [0, 0.05) is 12.6 Å². The van der Waals surface area contributed by atoms with Crippen LogP contribution in [0.5, 0.6) is 11.5 Å². The summed E-state index contributed by atoms with van der Waals surface area (Å²) in [4.78, 5) is 28.2. The second kappa shape index (κ2) is 11.7. The Morgan fingerprint density at radius 2 is 1.76 bits per heavy atom. The van der Waals surface area contributed by atoms with Crippen molar-refractivity contribution in [3.8, 4) is 11.5 Å². The van der Waals surface area contributed by atoms with Crippen molar-refractivity contribution in [2.45, 2.75) is 71.5 Å². The number of hydrogen-bond donors (Lipinski definition) is 1. The van der Waals surface area contributed by atoms with Gasteiger partial charge in [-0.2, -0.15) is 0 Å². The first kappa shape index (κ1) is 24.6. The molecule has 0 saturated heterocycles. The lowest BCUT2D eigenvalue weighted by Gasteiger charge is -2.31. The van der Waals surface area contributed by atoms with E-state index in [2.05, 4.69) is 11.4 Å². The maximum absolute atomic E-state index is 13.4. The molecule has 0 spiro atoms. The first-order chi connectivity index (χ1) is 15.9. The zero-order chi connectivity index (χ0) is 23.8. The van der Waals surface area contributed by atoms with Crippen LogP contribution in [0.1, 0.15) is 55.7 Å². The molecule has 1 fully saturated rings. The van der Waals surface area contributed by atoms with Gasteiger partial charge in [-0.05, 0) is 74.1 Å². The highest BCUT2D eigenvalue weighted by molar-refractivity contribution is 5.88. The van der Waals surface area contributed by atoms with Crippen LogP contribution in [0.4, 0.5) is 0 Å². The zero-order valence-corrected chi connectivity index (χ0v) is 20.2. The highest BCUT2D eigenvalue weighted by atomic mass is 16.5. The summed E-state index contributed by atoms with van der Waals surface area (Å²) in [5.41, 5.74) is 3.06. The SMILES string of the molecule is CCC(C(=O)NC1CCCC1)N(Cc1cccc(OC)c1)C(=O)COc1cc(C)cc(C)c1. The Hall–Kier alpha value is -3.02. The lowest BCUT2D eigenvalue weighted by atomic mass is 10.1. The molecule has 6 heteroatoms. The van der Waals surface area contributed by atoms with Gasteiger partial charge in [0.05, 0.1) is 7.11 Å². The second-order valence-corrected chi connectivity index (χ2v) is 8.90. The fraction of sp³-hybridized carbons (Fsp3) is 0.481. The third-order valence-electron chi connectivity index (χ3n) is 6.13. The molecule has 6 nitrogen and oxygen atoms in total. The number of ether oxygens (including phenoxy) is 2. The van der Waals surface area contributed by atoms with E-state index in [1.54, 1.807) is 12.0 Å². The number of nitrogens with one attached hydrogen (secondary N) is 1. The zero-order valence-electron chi connectivity index (χ0n) is 20.2. The van der Waals surface area contributed by atoms with Gasteiger partial charge in [0.25, 0.3) is 5.91 Å². The average molecular weight is 453 g/mol. The minimum absolute atomic E-state index is 0.0907. The van der Waals surface area contributed by atoms with Crippen molar-refractivity contribution in [2.75, 3.05) is 13.7 Å². The van der Waals surface area contributed by atoms with Crippen LogP contribution < -0.4 is 14.8 Å². The summed E-state index contributed by atoms with van der Waals surface area (Å²) < 4.78 is 11.2. The highest BCUT2D eigenvalue weighted by Crippen LogP contribution is 2.21. The third-order valence-corrected chi connectivity index (χ3v) is 6.13. The Morgan fingerprint density at radius 3 is 2.39 bits per heavy atom. The minimum Gasteiger partial charge on any atom is -0.497 e. The molecule has 1 aliphatic rings. The molecule has 0 aliphatic heterocycles. The number of carbonyl (C=O) groups excluding carboxylic acids is 2. The van der Waals surface area contributed by atoms with Gasteiger partial charge in [-0.1, -0.05) is 38.0 Å². The number of benzene rings is 2. The fourth-order valence-electron chi connectivity index (χ4n) is 4.50. The van der Waals surface area contributed by atoms with Gasteiger partial charge in [0.15, 0.2) is 6.61 Å². The minimum atomic E-state index is -0.563. The van der Waals surface area contributed by atoms with E-state index in [0.717, 1.165) is 48.1 Å². The largest absolute Gasteiger partial charge is 0.497 e. The van der Waals surface area contributed by atoms with Crippen LogP contribution in [0.15, 0.2) is 42.5 Å². The van der Waals surface area contributed by atoms with Gasteiger partial charge in [-0.25, -0.2) is 0 Å². The van der Waals surface area contributed by atoms with Crippen molar-refractivity contribution in [1.29, 1.82) is 0 Å². The Labute approximate surface area is 197 Å². The molecule has 0 radical (unpaired) electrons. The first-order valence-electron chi connectivity index (χ1n) is 11.8. The van der Waals surface area contributed by atoms with Crippen LogP contribution in [0, 0.1) is 13.8 Å². The number of methoxy groups -OCH3 is 1. The molecule has 1 saturated carbocycles. The van der Waals surface area contributed by atoms with Crippen LogP contribution in [0.25, 0.3) is 0 Å². The molecule has 33 heavy (non-hydrogen) atoms. The molecule has 178 valence electrons. The maximum atomic E-state index is 13.4. The van der Waals surface area contributed by atoms with Gasteiger partial charge in [0.2, 0.25) is 5.91 Å². The normalized spacial score (nSPS) is 14.5. The standard InChI is InChI=1S/C27H36N2O4/c1-5-25(27(31)28-22-10-6-7-11-22)29(17-21-9-8-12-23(16-21)32-4)26(30)18-33-24-14-19(2)13-20(3)15-24/h8-9,12-16,22,25H,5-7,10-11,17-18H2,1-4H3,(H,28,31). The van der Waals surface area contributed by atoms with Gasteiger partial charge in [-0.15, -0.1) is 0 Å². The van der Waals surface area contributed by atoms with Crippen molar-refractivity contribution in [2.24, 2.45) is 0 Å². The molecule has 0 bridgehead atoms. The van der Waals surface area contributed by atoms with Crippen LogP contribution in [0.2, 0.25) is 0 Å². The number of rotatable bonds is 10. The molecule has 1 atom stereocenters. The van der Waals surface area contributed by atoms with Gasteiger partial charge in [0.1, 0.15) is 17.5 Å². The summed E-state index contributed by atoms with van der Waals surface area (Å²) in [6.45, 7) is 6.12. The summed E-state index contributed by atoms with van der Waals surface area (Å²) in [5.74, 6) is 1.07. The van der Waals surface area contributed by atoms with E-state index >= 15 is 0 Å². The summed E-state index contributed by atoms with van der Waals surface area (Å²) in [5, 5.41) is 3.16. The van der Waals surface area contributed by atoms with Crippen molar-refractivity contribution >= 4 is 11.8 Å². The average Bonchev–Trinajstić information content (AvgIpc) is 3.30. The molecule has 2 amide bonds. The number of hydrogen-bond acceptors (Lipinski definition) is 4. The van der Waals surface area contributed by atoms with Crippen molar-refractivity contribution < 1.29 is 19.1 Å². The number of amides is 2. The van der Waals surface area contributed by atoms with E-state index in [1.165, 1.54) is 0 Å². The molecule has 1 N–H and O–H groups in total. The Balaban J connectivity index is 1.79. The molecule has 2 aromatic carbocycles. The Kier molecular flexibility index (Phi) is 8.75. The smallest absolute Gasteiger partial charge is 0.261 e. The molecule has 3 rings (SSSR count). The monoisotopic (exact) mass is 452 g/mol. The summed E-state index contributed by atoms with van der Waals surface area (Å²) in [6, 6.07) is 13.1. The first-order valence-corrected chi connectivity index (χ1v) is 11.8. The summed E-state index contributed by atoms with van der Waals surface area (Å²) in [6.07, 6.45) is 4.80. The predicted molar refractivity (Wildman–Crippen MR) is 129 cm³/mol. The molecule has 1 unspecified atom stereocenters. The van der Waals surface area contributed by atoms with E-state index in [4.69, 9.17) is 9.47 Å². The molecular weight excluding hydrogens is 416 g/mol. The maximum Gasteiger partial charge on any atom is 0.261 e. The quantitative estimate of drug-likeness (QED) is 0.574. The number of aryl methyl sites for hydroxylation is 2. The second-order valence-electron chi connectivity index (χ2n) is 8.90. The van der Waals surface area contributed by atoms with E-state index in [-0.39, 0.29) is 24.5 Å². The summed E-state index contributed by atoms with van der Waals surface area (Å²) in [7, 11) is 1.61. The van der Waals surface area contributed by atoms with E-state index in [1.807, 2.05) is 57.2 Å². The third kappa shape index (κ3) is 6.98. The molecule has 1 aliphatic carbocycles. The van der Waals surface area contributed by atoms with Crippen molar-refractivity contribution in [3.05, 3.63) is 59.2 Å². The Morgan fingerprint density at radius 1 is 1.06 bits per heavy atom. The van der Waals surface area contributed by atoms with Gasteiger partial charge < -0.3 is 19.7 Å². The van der Waals surface area contributed by atoms with Crippen LogP contribution in [-0.4, -0.2) is 42.5 Å². The predicted octanol–water partition coefficient (Wildman–Crippen LogP) is 4.56. The van der Waals surface area contributed by atoms with Crippen LogP contribution in [0.3, 0.4) is 0 Å². The van der Waals surface area contributed by atoms with E-state index < -0.39 is 6.04 Å². The van der Waals surface area contributed by atoms with Crippen LogP contribution >= 0.6 is 0 Å². The lowest BCUT2D eigenvalue weighted by Crippen LogP contribution is -2.52. The Bertz CT molecular complexity index is 933. The van der Waals surface area contributed by atoms with Crippen LogP contribution in [-0.2, 0) is 16.1 Å². The lowest BCUT2D eigenvalue weighted by molar-refractivity contribution is -0.143. The summed E-state index contributed by atoms with van der Waals surface area (Å²) >= 11 is 0. The van der Waals surface area contributed by atoms with Crippen molar-refractivity contribution in [1.82, 2.24) is 10.2 Å². The fourth-order valence-corrected chi connectivity index (χ4v) is 4.50.